The molecule has 0 amide bonds. The van der Waals surface area contributed by atoms with Gasteiger partial charge in [-0.2, -0.15) is 0 Å². The predicted octanol–water partition coefficient (Wildman–Crippen LogP) is 4.67. The van der Waals surface area contributed by atoms with E-state index in [1.54, 1.807) is 0 Å². The first-order chi connectivity index (χ1) is 10.3. The predicted molar refractivity (Wildman–Crippen MR) is 88.5 cm³/mol. The summed E-state index contributed by atoms with van der Waals surface area (Å²) in [6, 6.07) is 0.712. The normalized spacial score (nSPS) is 39.7. The molecule has 1 spiro atoms. The van der Waals surface area contributed by atoms with Crippen LogP contribution >= 0.6 is 0 Å². The molecular formula is C19H35NO. The summed E-state index contributed by atoms with van der Waals surface area (Å²) in [6.07, 6.45) is 17.7. The largest absolute Gasteiger partial charge is 0.374 e. The van der Waals surface area contributed by atoms with Crippen molar-refractivity contribution in [3.05, 3.63) is 0 Å². The molecule has 3 aliphatic carbocycles. The number of ether oxygens (including phenoxy) is 1. The Morgan fingerprint density at radius 2 is 1.71 bits per heavy atom. The van der Waals surface area contributed by atoms with E-state index in [1.165, 1.54) is 77.0 Å². The van der Waals surface area contributed by atoms with Crippen LogP contribution < -0.4 is 5.32 Å². The van der Waals surface area contributed by atoms with Gasteiger partial charge in [0.25, 0.3) is 0 Å². The summed E-state index contributed by atoms with van der Waals surface area (Å²) in [5.41, 5.74) is 0.473. The Hall–Kier alpha value is -0.0800. The lowest BCUT2D eigenvalue weighted by atomic mass is 9.57. The first-order valence-electron chi connectivity index (χ1n) is 9.63. The van der Waals surface area contributed by atoms with Crippen LogP contribution in [0.3, 0.4) is 0 Å². The first kappa shape index (κ1) is 15.8. The molecule has 0 radical (unpaired) electrons. The lowest BCUT2D eigenvalue weighted by molar-refractivity contribution is -0.185. The maximum atomic E-state index is 6.77. The van der Waals surface area contributed by atoms with Gasteiger partial charge in [-0.05, 0) is 45.1 Å². The highest BCUT2D eigenvalue weighted by Crippen LogP contribution is 2.53. The van der Waals surface area contributed by atoms with E-state index in [4.69, 9.17) is 4.74 Å². The Kier molecular flexibility index (Phi) is 5.27. The van der Waals surface area contributed by atoms with Crippen LogP contribution in [0, 0.1) is 11.3 Å². The van der Waals surface area contributed by atoms with Gasteiger partial charge in [0, 0.05) is 11.5 Å². The van der Waals surface area contributed by atoms with Gasteiger partial charge in [-0.15, -0.1) is 0 Å². The maximum absolute atomic E-state index is 6.77. The van der Waals surface area contributed by atoms with Crippen molar-refractivity contribution in [2.24, 2.45) is 11.3 Å². The van der Waals surface area contributed by atoms with Gasteiger partial charge in [-0.1, -0.05) is 51.9 Å². The standard InChI is InChI=1S/C19H35NO/c1-3-15-10-6-7-11-16(15)21-18-14-17(20-2)19(18)12-8-4-5-9-13-19/h15-18,20H,3-14H2,1-2H3. The zero-order valence-electron chi connectivity index (χ0n) is 14.2. The third-order valence-electron chi connectivity index (χ3n) is 6.87. The zero-order chi connectivity index (χ0) is 14.7. The van der Waals surface area contributed by atoms with Crippen molar-refractivity contribution in [1.82, 2.24) is 5.32 Å². The summed E-state index contributed by atoms with van der Waals surface area (Å²) >= 11 is 0. The lowest BCUT2D eigenvalue weighted by Gasteiger charge is -2.57. The average molecular weight is 293 g/mol. The van der Waals surface area contributed by atoms with Gasteiger partial charge < -0.3 is 10.1 Å². The van der Waals surface area contributed by atoms with Gasteiger partial charge in [0.15, 0.2) is 0 Å². The van der Waals surface area contributed by atoms with Crippen molar-refractivity contribution in [2.75, 3.05) is 7.05 Å². The molecule has 0 aromatic heterocycles. The van der Waals surface area contributed by atoms with Crippen molar-refractivity contribution in [3.8, 4) is 0 Å². The molecule has 1 N–H and O–H groups in total. The second-order valence-electron chi connectivity index (χ2n) is 7.84. The molecule has 122 valence electrons. The fourth-order valence-corrected chi connectivity index (χ4v) is 5.43. The third-order valence-corrected chi connectivity index (χ3v) is 6.87. The van der Waals surface area contributed by atoms with Crippen LogP contribution in [0.2, 0.25) is 0 Å². The summed E-state index contributed by atoms with van der Waals surface area (Å²) in [6.45, 7) is 2.35. The fourth-order valence-electron chi connectivity index (χ4n) is 5.43. The van der Waals surface area contributed by atoms with Gasteiger partial charge in [-0.3, -0.25) is 0 Å². The van der Waals surface area contributed by atoms with Gasteiger partial charge in [-0.25, -0.2) is 0 Å². The smallest absolute Gasteiger partial charge is 0.0665 e. The van der Waals surface area contributed by atoms with Crippen LogP contribution in [-0.2, 0) is 4.74 Å². The molecule has 4 unspecified atom stereocenters. The van der Waals surface area contributed by atoms with E-state index in [0.29, 0.717) is 23.7 Å². The van der Waals surface area contributed by atoms with E-state index in [2.05, 4.69) is 19.3 Å². The highest BCUT2D eigenvalue weighted by Gasteiger charge is 2.55. The Morgan fingerprint density at radius 3 is 2.38 bits per heavy atom. The van der Waals surface area contributed by atoms with Crippen LogP contribution in [0.25, 0.3) is 0 Å². The van der Waals surface area contributed by atoms with E-state index in [9.17, 15) is 0 Å². The number of nitrogens with one attached hydrogen (secondary N) is 1. The first-order valence-corrected chi connectivity index (χ1v) is 9.63. The van der Waals surface area contributed by atoms with E-state index in [0.717, 1.165) is 5.92 Å². The molecule has 0 aliphatic heterocycles. The topological polar surface area (TPSA) is 21.3 Å². The highest BCUT2D eigenvalue weighted by atomic mass is 16.5. The summed E-state index contributed by atoms with van der Waals surface area (Å²) in [4.78, 5) is 0. The number of hydrogen-bond acceptors (Lipinski definition) is 2. The van der Waals surface area contributed by atoms with Crippen LogP contribution in [0.15, 0.2) is 0 Å². The SMILES string of the molecule is CCC1CCCCC1OC1CC(NC)C12CCCCCC2. The van der Waals surface area contributed by atoms with E-state index >= 15 is 0 Å². The summed E-state index contributed by atoms with van der Waals surface area (Å²) in [5, 5.41) is 3.60. The molecule has 0 saturated heterocycles. The van der Waals surface area contributed by atoms with Crippen LogP contribution in [0.4, 0.5) is 0 Å². The molecule has 21 heavy (non-hydrogen) atoms. The fraction of sp³-hybridized carbons (Fsp3) is 1.00. The van der Waals surface area contributed by atoms with E-state index in [-0.39, 0.29) is 0 Å². The maximum Gasteiger partial charge on any atom is 0.0665 e. The van der Waals surface area contributed by atoms with Crippen LogP contribution in [-0.4, -0.2) is 25.3 Å². The molecule has 0 heterocycles. The van der Waals surface area contributed by atoms with Crippen molar-refractivity contribution < 1.29 is 4.74 Å². The van der Waals surface area contributed by atoms with E-state index in [1.807, 2.05) is 0 Å². The van der Waals surface area contributed by atoms with Gasteiger partial charge in [0.1, 0.15) is 0 Å². The van der Waals surface area contributed by atoms with E-state index < -0.39 is 0 Å². The molecule has 2 nitrogen and oxygen atoms in total. The quantitative estimate of drug-likeness (QED) is 0.813. The number of hydrogen-bond donors (Lipinski definition) is 1. The second-order valence-corrected chi connectivity index (χ2v) is 7.84. The Morgan fingerprint density at radius 1 is 1.00 bits per heavy atom. The Labute approximate surface area is 131 Å². The number of rotatable bonds is 4. The second kappa shape index (κ2) is 7.00. The minimum absolute atomic E-state index is 0.473. The average Bonchev–Trinajstić information content (AvgIpc) is 2.79. The third kappa shape index (κ3) is 3.03. The Bertz CT molecular complexity index is 322. The highest BCUT2D eigenvalue weighted by molar-refractivity contribution is 5.08. The molecule has 0 bridgehead atoms. The minimum atomic E-state index is 0.473. The summed E-state index contributed by atoms with van der Waals surface area (Å²) < 4.78 is 6.77. The molecule has 3 fully saturated rings. The molecule has 3 saturated carbocycles. The van der Waals surface area contributed by atoms with Crippen molar-refractivity contribution in [2.45, 2.75) is 102 Å². The molecule has 0 aromatic carbocycles. The molecule has 3 aliphatic rings. The summed E-state index contributed by atoms with van der Waals surface area (Å²) in [7, 11) is 2.16. The molecule has 3 rings (SSSR count). The minimum Gasteiger partial charge on any atom is -0.374 e. The van der Waals surface area contributed by atoms with Gasteiger partial charge in [0.2, 0.25) is 0 Å². The molecule has 4 atom stereocenters. The molecule has 0 aromatic rings. The summed E-state index contributed by atoms with van der Waals surface area (Å²) in [5.74, 6) is 0.829. The van der Waals surface area contributed by atoms with Crippen LogP contribution in [0.5, 0.6) is 0 Å². The Balaban J connectivity index is 1.66. The van der Waals surface area contributed by atoms with Crippen molar-refractivity contribution in [3.63, 3.8) is 0 Å². The van der Waals surface area contributed by atoms with Gasteiger partial charge in [0.05, 0.1) is 12.2 Å². The van der Waals surface area contributed by atoms with Crippen LogP contribution in [0.1, 0.15) is 84.0 Å². The molecular weight excluding hydrogens is 258 g/mol. The van der Waals surface area contributed by atoms with Gasteiger partial charge >= 0.3 is 0 Å². The lowest BCUT2D eigenvalue weighted by Crippen LogP contribution is -2.64. The molecule has 2 heteroatoms. The van der Waals surface area contributed by atoms with Crippen molar-refractivity contribution >= 4 is 0 Å². The monoisotopic (exact) mass is 293 g/mol. The zero-order valence-corrected chi connectivity index (χ0v) is 14.2. The van der Waals surface area contributed by atoms with Crippen molar-refractivity contribution in [1.29, 1.82) is 0 Å².